The third kappa shape index (κ3) is 4.05. The molecule has 5 rings (SSSR count). The van der Waals surface area contributed by atoms with E-state index in [9.17, 15) is 27.2 Å². The van der Waals surface area contributed by atoms with Gasteiger partial charge in [-0.15, -0.1) is 0 Å². The zero-order chi connectivity index (χ0) is 25.4. The van der Waals surface area contributed by atoms with Crippen molar-refractivity contribution in [1.82, 2.24) is 0 Å². The summed E-state index contributed by atoms with van der Waals surface area (Å²) in [6, 6.07) is 21.2. The van der Waals surface area contributed by atoms with Crippen LogP contribution in [0, 0.1) is 5.82 Å². The molecule has 0 aliphatic heterocycles. The molecule has 0 atom stereocenters. The van der Waals surface area contributed by atoms with Crippen molar-refractivity contribution >= 4 is 38.9 Å². The molecule has 1 amide bonds. The lowest BCUT2D eigenvalue weighted by molar-refractivity contribution is 0.0978. The van der Waals surface area contributed by atoms with E-state index in [4.69, 9.17) is 0 Å². The lowest BCUT2D eigenvalue weighted by Crippen LogP contribution is -2.24. The minimum atomic E-state index is -4.12. The highest BCUT2D eigenvalue weighted by Crippen LogP contribution is 2.32. The quantitative estimate of drug-likeness (QED) is 0.365. The van der Waals surface area contributed by atoms with Crippen LogP contribution in [0.15, 0.2) is 95.9 Å². The van der Waals surface area contributed by atoms with Gasteiger partial charge in [0, 0.05) is 16.7 Å². The monoisotopic (exact) mass is 500 g/mol. The fraction of sp³-hybridized carbons (Fsp3) is 0. The van der Waals surface area contributed by atoms with E-state index in [0.29, 0.717) is 5.56 Å². The van der Waals surface area contributed by atoms with Crippen molar-refractivity contribution in [3.8, 4) is 0 Å². The van der Waals surface area contributed by atoms with Crippen LogP contribution in [0.25, 0.3) is 0 Å². The van der Waals surface area contributed by atoms with Crippen molar-refractivity contribution in [3.05, 3.63) is 125 Å². The van der Waals surface area contributed by atoms with Gasteiger partial charge in [-0.2, -0.15) is 0 Å². The molecule has 0 spiro atoms. The number of sulfonamides is 1. The summed E-state index contributed by atoms with van der Waals surface area (Å²) in [5.41, 5.74) is 0.859. The fourth-order valence-electron chi connectivity index (χ4n) is 4.03. The van der Waals surface area contributed by atoms with Gasteiger partial charge < -0.3 is 5.32 Å². The number of hydrogen-bond acceptors (Lipinski definition) is 5. The molecule has 0 unspecified atom stereocenters. The fourth-order valence-corrected chi connectivity index (χ4v) is 5.11. The summed E-state index contributed by atoms with van der Waals surface area (Å²) in [4.78, 5) is 39.2. The average Bonchev–Trinajstić information content (AvgIpc) is 2.87. The number of benzene rings is 4. The van der Waals surface area contributed by atoms with Gasteiger partial charge in [-0.1, -0.05) is 48.5 Å². The number of hydrogen-bond donors (Lipinski definition) is 2. The Morgan fingerprint density at radius 3 is 1.97 bits per heavy atom. The number of para-hydroxylation sites is 1. The first-order chi connectivity index (χ1) is 17.3. The number of ketones is 2. The summed E-state index contributed by atoms with van der Waals surface area (Å²) >= 11 is 0. The van der Waals surface area contributed by atoms with Crippen molar-refractivity contribution in [2.45, 2.75) is 4.90 Å². The molecule has 0 radical (unpaired) electrons. The standard InChI is InChI=1S/C27H17FN2O5S/c28-16-12-14-17(15-13-16)36(34,35)30-22-10-4-3-8-20(22)27(33)29-23-11-5-9-21-24(23)26(32)19-7-2-1-6-18(19)25(21)31/h1-15,30H,(H,29,33). The Morgan fingerprint density at radius 1 is 0.667 bits per heavy atom. The number of amides is 1. The number of carbonyl (C=O) groups excluding carboxylic acids is 3. The topological polar surface area (TPSA) is 109 Å². The number of rotatable bonds is 5. The van der Waals surface area contributed by atoms with Crippen molar-refractivity contribution in [2.75, 3.05) is 10.0 Å². The molecule has 0 bridgehead atoms. The lowest BCUT2D eigenvalue weighted by atomic mass is 9.83. The second-order valence-corrected chi connectivity index (χ2v) is 9.67. The average molecular weight is 501 g/mol. The van der Waals surface area contributed by atoms with Crippen LogP contribution in [-0.4, -0.2) is 25.9 Å². The largest absolute Gasteiger partial charge is 0.321 e. The third-order valence-electron chi connectivity index (χ3n) is 5.74. The first-order valence-electron chi connectivity index (χ1n) is 10.8. The maximum absolute atomic E-state index is 13.2. The van der Waals surface area contributed by atoms with Gasteiger partial charge in [-0.3, -0.25) is 19.1 Å². The summed E-state index contributed by atoms with van der Waals surface area (Å²) in [5, 5.41) is 2.65. The van der Waals surface area contributed by atoms with Gasteiger partial charge in [-0.05, 0) is 42.5 Å². The van der Waals surface area contributed by atoms with Crippen LogP contribution in [0.2, 0.25) is 0 Å². The molecule has 1 aliphatic carbocycles. The molecule has 178 valence electrons. The number of halogens is 1. The zero-order valence-corrected chi connectivity index (χ0v) is 19.3. The molecule has 0 heterocycles. The second kappa shape index (κ2) is 8.86. The van der Waals surface area contributed by atoms with Crippen LogP contribution in [0.3, 0.4) is 0 Å². The Kier molecular flexibility index (Phi) is 5.69. The van der Waals surface area contributed by atoms with Crippen LogP contribution in [0.5, 0.6) is 0 Å². The molecule has 4 aromatic rings. The van der Waals surface area contributed by atoms with Gasteiger partial charge >= 0.3 is 0 Å². The molecule has 7 nitrogen and oxygen atoms in total. The van der Waals surface area contributed by atoms with E-state index >= 15 is 0 Å². The SMILES string of the molecule is O=C(Nc1cccc2c1C(=O)c1ccccc1C2=O)c1ccccc1NS(=O)(=O)c1ccc(F)cc1. The van der Waals surface area contributed by atoms with E-state index in [2.05, 4.69) is 10.0 Å². The van der Waals surface area contributed by atoms with Gasteiger partial charge in [0.15, 0.2) is 11.6 Å². The summed E-state index contributed by atoms with van der Waals surface area (Å²) < 4.78 is 41.1. The van der Waals surface area contributed by atoms with E-state index in [-0.39, 0.29) is 44.3 Å². The van der Waals surface area contributed by atoms with Crippen molar-refractivity contribution in [1.29, 1.82) is 0 Å². The van der Waals surface area contributed by atoms with E-state index in [1.807, 2.05) is 0 Å². The van der Waals surface area contributed by atoms with Crippen LogP contribution in [0.1, 0.15) is 42.2 Å². The highest BCUT2D eigenvalue weighted by Gasteiger charge is 2.32. The van der Waals surface area contributed by atoms with E-state index in [1.54, 1.807) is 42.5 Å². The molecule has 0 aromatic heterocycles. The van der Waals surface area contributed by atoms with E-state index in [0.717, 1.165) is 24.3 Å². The van der Waals surface area contributed by atoms with Crippen LogP contribution < -0.4 is 10.0 Å². The highest BCUT2D eigenvalue weighted by molar-refractivity contribution is 7.92. The zero-order valence-electron chi connectivity index (χ0n) is 18.5. The molecule has 0 fully saturated rings. The summed E-state index contributed by atoms with van der Waals surface area (Å²) in [6.07, 6.45) is 0. The second-order valence-electron chi connectivity index (χ2n) is 7.99. The lowest BCUT2D eigenvalue weighted by Gasteiger charge is -2.20. The number of fused-ring (bicyclic) bond motifs is 2. The minimum Gasteiger partial charge on any atom is -0.321 e. The summed E-state index contributed by atoms with van der Waals surface area (Å²) in [7, 11) is -4.12. The Hall–Kier alpha value is -4.63. The van der Waals surface area contributed by atoms with Crippen LogP contribution >= 0.6 is 0 Å². The molecule has 2 N–H and O–H groups in total. The van der Waals surface area contributed by atoms with E-state index < -0.39 is 27.5 Å². The van der Waals surface area contributed by atoms with Crippen LogP contribution in [-0.2, 0) is 10.0 Å². The Bertz CT molecular complexity index is 1660. The molecule has 4 aromatic carbocycles. The number of carbonyl (C=O) groups is 3. The summed E-state index contributed by atoms with van der Waals surface area (Å²) in [6.45, 7) is 0. The first-order valence-corrected chi connectivity index (χ1v) is 12.2. The Morgan fingerprint density at radius 2 is 1.25 bits per heavy atom. The number of nitrogens with one attached hydrogen (secondary N) is 2. The van der Waals surface area contributed by atoms with Crippen molar-refractivity contribution in [2.24, 2.45) is 0 Å². The Labute approximate surface area is 205 Å². The van der Waals surface area contributed by atoms with Gasteiger partial charge in [0.25, 0.3) is 15.9 Å². The van der Waals surface area contributed by atoms with Gasteiger partial charge in [0.1, 0.15) is 5.82 Å². The molecular formula is C27H17FN2O5S. The molecule has 0 saturated heterocycles. The minimum absolute atomic E-state index is 0.0168. The van der Waals surface area contributed by atoms with Crippen molar-refractivity contribution in [3.63, 3.8) is 0 Å². The van der Waals surface area contributed by atoms with Gasteiger partial charge in [-0.25, -0.2) is 12.8 Å². The highest BCUT2D eigenvalue weighted by atomic mass is 32.2. The molecular weight excluding hydrogens is 483 g/mol. The summed E-state index contributed by atoms with van der Waals surface area (Å²) in [5.74, 6) is -2.01. The van der Waals surface area contributed by atoms with Crippen LogP contribution in [0.4, 0.5) is 15.8 Å². The van der Waals surface area contributed by atoms with E-state index in [1.165, 1.54) is 24.3 Å². The normalized spacial score (nSPS) is 12.5. The maximum atomic E-state index is 13.2. The Balaban J connectivity index is 1.48. The maximum Gasteiger partial charge on any atom is 0.261 e. The predicted molar refractivity (Wildman–Crippen MR) is 131 cm³/mol. The molecule has 36 heavy (non-hydrogen) atoms. The van der Waals surface area contributed by atoms with Gasteiger partial charge in [0.2, 0.25) is 0 Å². The first kappa shape index (κ1) is 23.1. The molecule has 9 heteroatoms. The smallest absolute Gasteiger partial charge is 0.261 e. The van der Waals surface area contributed by atoms with Crippen molar-refractivity contribution < 1.29 is 27.2 Å². The third-order valence-corrected chi connectivity index (χ3v) is 7.12. The predicted octanol–water partition coefficient (Wildman–Crippen LogP) is 4.65. The number of anilines is 2. The molecule has 0 saturated carbocycles. The van der Waals surface area contributed by atoms with Gasteiger partial charge in [0.05, 0.1) is 27.4 Å². The molecule has 1 aliphatic rings.